The lowest BCUT2D eigenvalue weighted by atomic mass is 9.73. The van der Waals surface area contributed by atoms with Crippen LogP contribution in [0.5, 0.6) is 11.5 Å². The molecule has 0 saturated carbocycles. The van der Waals surface area contributed by atoms with E-state index >= 15 is 0 Å². The van der Waals surface area contributed by atoms with E-state index in [2.05, 4.69) is 26.5 Å². The number of aromatic hydroxyl groups is 1. The molecule has 60 heavy (non-hydrogen) atoms. The summed E-state index contributed by atoms with van der Waals surface area (Å²) in [7, 11) is -7.55. The zero-order valence-corrected chi connectivity index (χ0v) is 37.2. The van der Waals surface area contributed by atoms with Gasteiger partial charge in [-0.05, 0) is 114 Å². The minimum atomic E-state index is -3.89. The number of benzene rings is 3. The Balaban J connectivity index is 0.000000510. The lowest BCUT2D eigenvalue weighted by molar-refractivity contribution is 0.0935. The summed E-state index contributed by atoms with van der Waals surface area (Å²) in [5.41, 5.74) is 5.59. The average Bonchev–Trinajstić information content (AvgIpc) is 3.19. The number of rotatable bonds is 20. The smallest absolute Gasteiger partial charge is 0.507 e. The van der Waals surface area contributed by atoms with Crippen molar-refractivity contribution in [3.63, 3.8) is 0 Å². The Morgan fingerprint density at radius 2 is 1.28 bits per heavy atom. The van der Waals surface area contributed by atoms with Crippen LogP contribution in [0.2, 0.25) is 0 Å². The van der Waals surface area contributed by atoms with Crippen LogP contribution in [0.25, 0.3) is 0 Å². The third kappa shape index (κ3) is 18.3. The van der Waals surface area contributed by atoms with Crippen LogP contribution < -0.4 is 4.74 Å². The maximum atomic E-state index is 12.7. The van der Waals surface area contributed by atoms with Crippen molar-refractivity contribution in [1.29, 1.82) is 0 Å². The number of hydrogen-bond donors (Lipinski definition) is 4. The normalized spacial score (nSPS) is 15.1. The van der Waals surface area contributed by atoms with E-state index in [0.29, 0.717) is 18.4 Å². The summed E-state index contributed by atoms with van der Waals surface area (Å²) in [5.74, 6) is 0.288. The summed E-state index contributed by atoms with van der Waals surface area (Å²) < 4.78 is 68.4. The predicted molar refractivity (Wildman–Crippen MR) is 231 cm³/mol. The molecule has 1 aliphatic rings. The molecule has 0 saturated heterocycles. The predicted octanol–water partition coefficient (Wildman–Crippen LogP) is 8.20. The number of unbranched alkanes of at least 4 members (excludes halogenated alkanes) is 2. The van der Waals surface area contributed by atoms with Crippen molar-refractivity contribution in [2.75, 3.05) is 39.6 Å². The van der Waals surface area contributed by atoms with E-state index in [4.69, 9.17) is 33.2 Å². The topological polar surface area (TPSA) is 203 Å². The van der Waals surface area contributed by atoms with E-state index < -0.39 is 26.4 Å². The molecule has 4 rings (SSSR count). The van der Waals surface area contributed by atoms with Gasteiger partial charge in [-0.3, -0.25) is 8.37 Å². The maximum Gasteiger partial charge on any atom is 0.513 e. The number of hydrogen-bond acceptors (Lipinski definition) is 13. The molecule has 3 aromatic rings. The summed E-state index contributed by atoms with van der Waals surface area (Å²) in [6.45, 7) is 14.0. The van der Waals surface area contributed by atoms with Crippen LogP contribution in [0.15, 0.2) is 94.3 Å². The van der Waals surface area contributed by atoms with Gasteiger partial charge < -0.3 is 29.9 Å². The SMILES string of the molecule is C=C(C)[C@@H]1CCC(C)=C[C@H]1c1c(O)cc(CCCCC)cc1OC(=O)OCCCOS(=O)(=O)c1ccc(C)cc1.Cc1ccc(S(=O)(=O)OCCCO)cc1.OCCCO. The van der Waals surface area contributed by atoms with Crippen LogP contribution in [0.3, 0.4) is 0 Å². The lowest BCUT2D eigenvalue weighted by Gasteiger charge is -2.32. The highest BCUT2D eigenvalue weighted by Crippen LogP contribution is 2.47. The van der Waals surface area contributed by atoms with Crippen molar-refractivity contribution in [2.24, 2.45) is 5.92 Å². The monoisotopic (exact) mass is 876 g/mol. The number of carbonyl (C=O) groups excluding carboxylic acids is 1. The number of aryl methyl sites for hydroxylation is 3. The summed E-state index contributed by atoms with van der Waals surface area (Å²) in [4.78, 5) is 12.9. The summed E-state index contributed by atoms with van der Waals surface area (Å²) >= 11 is 0. The molecule has 0 unspecified atom stereocenters. The molecule has 334 valence electrons. The molecule has 0 spiro atoms. The Kier molecular flexibility index (Phi) is 23.4. The van der Waals surface area contributed by atoms with Gasteiger partial charge in [-0.15, -0.1) is 0 Å². The standard InChI is InChI=1S/C32H42O7S.C10H14O4S.C3H8O2/c1-6-7-8-10-25-20-29(33)31(28-19-24(5)13-16-27(28)22(2)3)30(21-25)39-32(34)37-17-9-18-38-40(35,36)26-14-11-23(4)12-15-26;1-9-3-5-10(6-4-9)15(12,13)14-8-2-7-11;4-2-1-3-5/h11-12,14-15,19-21,27-28,33H,2,6-10,13,16-18H2,1,3-5H3;3-6,11H,2,7-8H2,1H3;4-5H,1-3H2/t27-,28+;;/m0../s1. The molecule has 13 nitrogen and oxygen atoms in total. The van der Waals surface area contributed by atoms with Gasteiger partial charge in [-0.25, -0.2) is 4.79 Å². The first kappa shape index (κ1) is 52.0. The number of phenols is 1. The van der Waals surface area contributed by atoms with E-state index in [0.717, 1.165) is 60.8 Å². The molecule has 0 fully saturated rings. The summed E-state index contributed by atoms with van der Waals surface area (Å²) in [6.07, 6.45) is 7.87. The zero-order valence-electron chi connectivity index (χ0n) is 35.6. The molecule has 0 bridgehead atoms. The van der Waals surface area contributed by atoms with Crippen molar-refractivity contribution in [2.45, 2.75) is 108 Å². The largest absolute Gasteiger partial charge is 0.513 e. The van der Waals surface area contributed by atoms with Gasteiger partial charge in [0, 0.05) is 37.7 Å². The van der Waals surface area contributed by atoms with Crippen LogP contribution in [0.1, 0.15) is 100 Å². The fourth-order valence-corrected chi connectivity index (χ4v) is 7.95. The number of phenolic OH excluding ortho intramolecular Hbond substituents is 1. The van der Waals surface area contributed by atoms with Gasteiger partial charge in [0.15, 0.2) is 0 Å². The Bertz CT molecular complexity index is 2010. The van der Waals surface area contributed by atoms with Crippen LogP contribution in [-0.2, 0) is 39.8 Å². The van der Waals surface area contributed by atoms with Crippen molar-refractivity contribution in [3.8, 4) is 11.5 Å². The average molecular weight is 877 g/mol. The van der Waals surface area contributed by atoms with E-state index in [9.17, 15) is 26.7 Å². The van der Waals surface area contributed by atoms with Crippen LogP contribution in [-0.4, -0.2) is 83.1 Å². The second kappa shape index (κ2) is 27.0. The number of aliphatic hydroxyl groups excluding tert-OH is 3. The second-order valence-corrected chi connectivity index (χ2v) is 17.9. The van der Waals surface area contributed by atoms with Gasteiger partial charge in [0.1, 0.15) is 11.5 Å². The van der Waals surface area contributed by atoms with E-state index in [-0.39, 0.29) is 79.2 Å². The molecule has 0 aromatic heterocycles. The molecule has 4 N–H and O–H groups in total. The van der Waals surface area contributed by atoms with Gasteiger partial charge in [-0.1, -0.05) is 79.0 Å². The maximum absolute atomic E-state index is 12.7. The number of aliphatic hydroxyl groups is 3. The summed E-state index contributed by atoms with van der Waals surface area (Å²) in [5, 5.41) is 35.5. The molecule has 0 heterocycles. The quantitative estimate of drug-likeness (QED) is 0.0278. The van der Waals surface area contributed by atoms with Gasteiger partial charge in [0.2, 0.25) is 0 Å². The minimum absolute atomic E-state index is 0.00666. The second-order valence-electron chi connectivity index (χ2n) is 14.6. The minimum Gasteiger partial charge on any atom is -0.507 e. The van der Waals surface area contributed by atoms with Gasteiger partial charge in [-0.2, -0.15) is 16.8 Å². The highest BCUT2D eigenvalue weighted by atomic mass is 32.2. The Hall–Kier alpha value is -4.09. The molecule has 0 radical (unpaired) electrons. The number of carbonyl (C=O) groups is 1. The Morgan fingerprint density at radius 1 is 0.750 bits per heavy atom. The fraction of sp³-hybridized carbons (Fsp3) is 0.489. The molecule has 15 heteroatoms. The molecular formula is C45H64O13S2. The molecule has 0 amide bonds. The number of allylic oxidation sites excluding steroid dienone is 3. The van der Waals surface area contributed by atoms with Crippen molar-refractivity contribution in [3.05, 3.63) is 107 Å². The zero-order chi connectivity index (χ0) is 44.7. The van der Waals surface area contributed by atoms with Gasteiger partial charge in [0.25, 0.3) is 20.2 Å². The Morgan fingerprint density at radius 3 is 1.77 bits per heavy atom. The van der Waals surface area contributed by atoms with E-state index in [1.54, 1.807) is 30.3 Å². The highest BCUT2D eigenvalue weighted by Gasteiger charge is 2.31. The number of ether oxygens (including phenoxy) is 2. The fourth-order valence-electron chi connectivity index (χ4n) is 6.07. The highest BCUT2D eigenvalue weighted by molar-refractivity contribution is 7.87. The van der Waals surface area contributed by atoms with Gasteiger partial charge in [0.05, 0.1) is 29.6 Å². The molecular weight excluding hydrogens is 813 g/mol. The first-order chi connectivity index (χ1) is 28.5. The van der Waals surface area contributed by atoms with E-state index in [1.807, 2.05) is 26.8 Å². The van der Waals surface area contributed by atoms with Crippen molar-refractivity contribution >= 4 is 26.4 Å². The van der Waals surface area contributed by atoms with Crippen LogP contribution in [0, 0.1) is 19.8 Å². The van der Waals surface area contributed by atoms with E-state index in [1.165, 1.54) is 29.8 Å². The molecule has 1 aliphatic carbocycles. The van der Waals surface area contributed by atoms with Crippen molar-refractivity contribution in [1.82, 2.24) is 0 Å². The van der Waals surface area contributed by atoms with Crippen LogP contribution in [0.4, 0.5) is 4.79 Å². The van der Waals surface area contributed by atoms with Crippen LogP contribution >= 0.6 is 0 Å². The molecule has 2 atom stereocenters. The van der Waals surface area contributed by atoms with Crippen molar-refractivity contribution < 1.29 is 59.9 Å². The van der Waals surface area contributed by atoms with Gasteiger partial charge >= 0.3 is 6.16 Å². The lowest BCUT2D eigenvalue weighted by Crippen LogP contribution is -2.20. The first-order valence-corrected chi connectivity index (χ1v) is 23.1. The summed E-state index contributed by atoms with van der Waals surface area (Å²) in [6, 6.07) is 16.4. The third-order valence-electron chi connectivity index (χ3n) is 9.38. The molecule has 3 aromatic carbocycles. The third-order valence-corrected chi connectivity index (χ3v) is 12.0. The first-order valence-electron chi connectivity index (χ1n) is 20.3. The molecule has 0 aliphatic heterocycles. The Labute approximate surface area is 356 Å².